The smallest absolute Gasteiger partial charge is 0.293 e. The van der Waals surface area contributed by atoms with Crippen molar-refractivity contribution in [2.24, 2.45) is 0 Å². The fourth-order valence-electron chi connectivity index (χ4n) is 4.00. The highest BCUT2D eigenvalue weighted by molar-refractivity contribution is 7.92. The summed E-state index contributed by atoms with van der Waals surface area (Å²) in [7, 11) is -4.04. The molecule has 1 aliphatic carbocycles. The van der Waals surface area contributed by atoms with Crippen molar-refractivity contribution in [3.05, 3.63) is 93.0 Å². The number of hydrogen-bond acceptors (Lipinski definition) is 6. The molecule has 0 aliphatic heterocycles. The van der Waals surface area contributed by atoms with Crippen LogP contribution in [-0.2, 0) is 16.4 Å². The van der Waals surface area contributed by atoms with Crippen LogP contribution < -0.4 is 10.0 Å². The zero-order valence-electron chi connectivity index (χ0n) is 17.6. The predicted octanol–water partition coefficient (Wildman–Crippen LogP) is 4.08. The summed E-state index contributed by atoms with van der Waals surface area (Å²) in [6.07, 6.45) is -0.310. The molecule has 0 bridgehead atoms. The summed E-state index contributed by atoms with van der Waals surface area (Å²) >= 11 is 0. The maximum absolute atomic E-state index is 12.9. The van der Waals surface area contributed by atoms with Gasteiger partial charge in [0.1, 0.15) is 5.69 Å². The molecule has 0 spiro atoms. The topological polar surface area (TPSA) is 122 Å². The normalized spacial score (nSPS) is 17.6. The van der Waals surface area contributed by atoms with Gasteiger partial charge in [0, 0.05) is 12.5 Å². The molecule has 0 amide bonds. The van der Waals surface area contributed by atoms with Crippen LogP contribution in [0.1, 0.15) is 28.3 Å². The molecule has 0 unspecified atom stereocenters. The van der Waals surface area contributed by atoms with Gasteiger partial charge in [-0.05, 0) is 48.7 Å². The Morgan fingerprint density at radius 3 is 2.47 bits per heavy atom. The maximum atomic E-state index is 12.9. The number of aryl methyl sites for hydroxylation is 2. The van der Waals surface area contributed by atoms with Crippen molar-refractivity contribution in [3.63, 3.8) is 0 Å². The number of nitro groups is 1. The molecule has 0 fully saturated rings. The molecule has 3 aromatic rings. The first-order valence-electron chi connectivity index (χ1n) is 10.1. The van der Waals surface area contributed by atoms with E-state index in [1.54, 1.807) is 19.1 Å². The van der Waals surface area contributed by atoms with Crippen LogP contribution in [-0.4, -0.2) is 24.6 Å². The van der Waals surface area contributed by atoms with Gasteiger partial charge in [0.25, 0.3) is 15.7 Å². The van der Waals surface area contributed by atoms with E-state index >= 15 is 0 Å². The third kappa shape index (κ3) is 4.17. The van der Waals surface area contributed by atoms with Crippen molar-refractivity contribution in [2.75, 3.05) is 10.0 Å². The summed E-state index contributed by atoms with van der Waals surface area (Å²) < 4.78 is 28.3. The van der Waals surface area contributed by atoms with E-state index in [-0.39, 0.29) is 16.3 Å². The first-order chi connectivity index (χ1) is 15.2. The molecule has 0 heterocycles. The van der Waals surface area contributed by atoms with Gasteiger partial charge in [-0.3, -0.25) is 14.8 Å². The van der Waals surface area contributed by atoms with Crippen LogP contribution in [0.3, 0.4) is 0 Å². The van der Waals surface area contributed by atoms with Crippen molar-refractivity contribution in [1.82, 2.24) is 0 Å². The Balaban J connectivity index is 1.66. The number of nitro benzene ring substituents is 1. The first-order valence-corrected chi connectivity index (χ1v) is 11.5. The number of anilines is 2. The SMILES string of the molecule is Cc1ccc(NS(=O)(=O)c2ccc(N[C@@H]3c4ccccc4C[C@@H]3O)c([N+](=O)[O-])c2)c(C)c1. The van der Waals surface area contributed by atoms with E-state index < -0.39 is 27.1 Å². The average molecular weight is 454 g/mol. The lowest BCUT2D eigenvalue weighted by Gasteiger charge is -2.19. The Morgan fingerprint density at radius 1 is 1.03 bits per heavy atom. The Kier molecular flexibility index (Phi) is 5.62. The Morgan fingerprint density at radius 2 is 1.75 bits per heavy atom. The van der Waals surface area contributed by atoms with E-state index in [9.17, 15) is 23.6 Å². The van der Waals surface area contributed by atoms with E-state index in [2.05, 4.69) is 10.0 Å². The number of benzene rings is 3. The number of sulfonamides is 1. The minimum atomic E-state index is -4.04. The second-order valence-electron chi connectivity index (χ2n) is 7.95. The van der Waals surface area contributed by atoms with Gasteiger partial charge in [-0.1, -0.05) is 42.0 Å². The first kappa shape index (κ1) is 21.8. The summed E-state index contributed by atoms with van der Waals surface area (Å²) in [5, 5.41) is 25.2. The number of aliphatic hydroxyl groups is 1. The monoisotopic (exact) mass is 453 g/mol. The quantitative estimate of drug-likeness (QED) is 0.382. The van der Waals surface area contributed by atoms with Crippen LogP contribution in [0.25, 0.3) is 0 Å². The Bertz CT molecular complexity index is 1310. The molecule has 166 valence electrons. The van der Waals surface area contributed by atoms with Crippen LogP contribution in [0, 0.1) is 24.0 Å². The van der Waals surface area contributed by atoms with Gasteiger partial charge >= 0.3 is 0 Å². The van der Waals surface area contributed by atoms with Crippen LogP contribution in [0.15, 0.2) is 65.6 Å². The molecule has 0 saturated heterocycles. The molecule has 0 saturated carbocycles. The van der Waals surface area contributed by atoms with E-state index in [1.807, 2.05) is 37.3 Å². The molecule has 0 aromatic heterocycles. The zero-order valence-corrected chi connectivity index (χ0v) is 18.4. The lowest BCUT2D eigenvalue weighted by Crippen LogP contribution is -2.22. The van der Waals surface area contributed by atoms with Crippen molar-refractivity contribution >= 4 is 27.1 Å². The van der Waals surface area contributed by atoms with Gasteiger partial charge in [0.2, 0.25) is 0 Å². The van der Waals surface area contributed by atoms with Gasteiger partial charge in [0.15, 0.2) is 0 Å². The highest BCUT2D eigenvalue weighted by atomic mass is 32.2. The van der Waals surface area contributed by atoms with Crippen molar-refractivity contribution in [2.45, 2.75) is 37.3 Å². The summed E-state index contributed by atoms with van der Waals surface area (Å²) in [5.74, 6) is 0. The number of hydrogen-bond donors (Lipinski definition) is 3. The number of rotatable bonds is 6. The van der Waals surface area contributed by atoms with E-state index in [1.165, 1.54) is 12.1 Å². The van der Waals surface area contributed by atoms with Gasteiger partial charge in [-0.2, -0.15) is 0 Å². The average Bonchev–Trinajstić information content (AvgIpc) is 3.05. The van der Waals surface area contributed by atoms with Gasteiger partial charge in [-0.25, -0.2) is 8.42 Å². The summed E-state index contributed by atoms with van der Waals surface area (Å²) in [6.45, 7) is 3.69. The van der Waals surface area contributed by atoms with Crippen molar-refractivity contribution < 1.29 is 18.4 Å². The molecule has 32 heavy (non-hydrogen) atoms. The second-order valence-corrected chi connectivity index (χ2v) is 9.63. The maximum Gasteiger partial charge on any atom is 0.293 e. The molecule has 3 aromatic carbocycles. The number of fused-ring (bicyclic) bond motifs is 1. The highest BCUT2D eigenvalue weighted by Gasteiger charge is 2.32. The van der Waals surface area contributed by atoms with E-state index in [0.29, 0.717) is 12.1 Å². The zero-order chi connectivity index (χ0) is 23.0. The van der Waals surface area contributed by atoms with Gasteiger partial charge < -0.3 is 10.4 Å². The van der Waals surface area contributed by atoms with Gasteiger partial charge in [-0.15, -0.1) is 0 Å². The Hall–Kier alpha value is -3.43. The number of nitrogens with zero attached hydrogens (tertiary/aromatic N) is 1. The van der Waals surface area contributed by atoms with Crippen LogP contribution in [0.5, 0.6) is 0 Å². The lowest BCUT2D eigenvalue weighted by atomic mass is 10.1. The molecule has 8 nitrogen and oxygen atoms in total. The fraction of sp³-hybridized carbons (Fsp3) is 0.217. The minimum Gasteiger partial charge on any atom is -0.390 e. The second kappa shape index (κ2) is 8.25. The summed E-state index contributed by atoms with van der Waals surface area (Å²) in [6, 6.07) is 15.9. The molecular weight excluding hydrogens is 430 g/mol. The third-order valence-corrected chi connectivity index (χ3v) is 6.98. The van der Waals surface area contributed by atoms with E-state index in [4.69, 9.17) is 0 Å². The van der Waals surface area contributed by atoms with Gasteiger partial charge in [0.05, 0.1) is 27.7 Å². The Labute approximate surface area is 186 Å². The third-order valence-electron chi connectivity index (χ3n) is 5.62. The molecule has 2 atom stereocenters. The standard InChI is InChI=1S/C23H23N3O5S/c1-14-7-9-19(15(2)11-14)25-32(30,31)17-8-10-20(21(13-17)26(28)29)24-23-18-6-4-3-5-16(18)12-22(23)27/h3-11,13,22-25,27H,12H2,1-2H3/t22-,23+/m0/s1. The summed E-state index contributed by atoms with van der Waals surface area (Å²) in [5.41, 5.74) is 3.74. The lowest BCUT2D eigenvalue weighted by molar-refractivity contribution is -0.384. The molecule has 9 heteroatoms. The molecule has 3 N–H and O–H groups in total. The van der Waals surface area contributed by atoms with Crippen LogP contribution in [0.4, 0.5) is 17.1 Å². The molecule has 1 aliphatic rings. The molecular formula is C23H23N3O5S. The largest absolute Gasteiger partial charge is 0.390 e. The van der Waals surface area contributed by atoms with Crippen molar-refractivity contribution in [1.29, 1.82) is 0 Å². The molecule has 4 rings (SSSR count). The summed E-state index contributed by atoms with van der Waals surface area (Å²) in [4.78, 5) is 10.9. The number of nitrogens with one attached hydrogen (secondary N) is 2. The van der Waals surface area contributed by atoms with Crippen LogP contribution >= 0.6 is 0 Å². The highest BCUT2D eigenvalue weighted by Crippen LogP contribution is 2.37. The van der Waals surface area contributed by atoms with Crippen molar-refractivity contribution in [3.8, 4) is 0 Å². The number of aliphatic hydroxyl groups excluding tert-OH is 1. The van der Waals surface area contributed by atoms with E-state index in [0.717, 1.165) is 28.3 Å². The minimum absolute atomic E-state index is 0.140. The fourth-order valence-corrected chi connectivity index (χ4v) is 5.15. The predicted molar refractivity (Wildman–Crippen MR) is 122 cm³/mol. The molecule has 0 radical (unpaired) electrons. The van der Waals surface area contributed by atoms with Crippen LogP contribution in [0.2, 0.25) is 0 Å².